The maximum atomic E-state index is 12.8. The van der Waals surface area contributed by atoms with Gasteiger partial charge >= 0.3 is 0 Å². The van der Waals surface area contributed by atoms with Crippen molar-refractivity contribution in [3.8, 4) is 17.6 Å². The average Bonchev–Trinajstić information content (AvgIpc) is 3.70. The van der Waals surface area contributed by atoms with Crippen LogP contribution in [0.3, 0.4) is 0 Å². The van der Waals surface area contributed by atoms with Gasteiger partial charge in [-0.05, 0) is 68.7 Å². The molecule has 0 radical (unpaired) electrons. The number of nitrogens with one attached hydrogen (secondary N) is 1. The van der Waals surface area contributed by atoms with E-state index in [0.717, 1.165) is 18.4 Å². The van der Waals surface area contributed by atoms with Crippen LogP contribution in [0.2, 0.25) is 0 Å². The highest BCUT2D eigenvalue weighted by molar-refractivity contribution is 6.08. The lowest BCUT2D eigenvalue weighted by Crippen LogP contribution is -2.18. The van der Waals surface area contributed by atoms with Crippen LogP contribution in [0.4, 0.5) is 11.4 Å². The van der Waals surface area contributed by atoms with Crippen molar-refractivity contribution in [2.75, 3.05) is 11.1 Å². The Bertz CT molecular complexity index is 1400. The normalized spacial score (nSPS) is 13.5. The molecule has 8 heteroatoms. The molecule has 0 unspecified atom stereocenters. The van der Waals surface area contributed by atoms with E-state index < -0.39 is 5.41 Å². The van der Waals surface area contributed by atoms with Crippen LogP contribution < -0.4 is 21.5 Å². The third-order valence-electron chi connectivity index (χ3n) is 5.91. The van der Waals surface area contributed by atoms with Crippen molar-refractivity contribution in [1.29, 1.82) is 5.26 Å². The Hall–Kier alpha value is -4.64. The number of hydrogen-bond donors (Lipinski definition) is 3. The summed E-state index contributed by atoms with van der Waals surface area (Å²) in [5.74, 6) is 0.507. The number of amidine groups is 1. The first-order chi connectivity index (χ1) is 17.2. The molecule has 0 saturated heterocycles. The molecule has 0 bridgehead atoms. The van der Waals surface area contributed by atoms with Crippen molar-refractivity contribution < 1.29 is 14.3 Å². The molecule has 5 N–H and O–H groups in total. The minimum absolute atomic E-state index is 0.0199. The standard InChI is InChI=1S/C28H27N5O3/c1-28(2,16-29)19-6-3-5-18(13-19)27(35)32-20-7-4-8-21(14-20)36-22-11-12-23(24(30)15-22)25(31)33-26(34)17-9-10-17/h3-8,11-15,17H,9-10,30H2,1-2H3,(H,32,35)(H2,31,33,34). The highest BCUT2D eigenvalue weighted by Gasteiger charge is 2.29. The minimum Gasteiger partial charge on any atom is -0.457 e. The van der Waals surface area contributed by atoms with E-state index in [1.165, 1.54) is 0 Å². The van der Waals surface area contributed by atoms with Gasteiger partial charge in [-0.15, -0.1) is 0 Å². The zero-order chi connectivity index (χ0) is 25.9. The van der Waals surface area contributed by atoms with Gasteiger partial charge in [-0.3, -0.25) is 9.59 Å². The van der Waals surface area contributed by atoms with Crippen molar-refractivity contribution in [3.05, 3.63) is 83.4 Å². The summed E-state index contributed by atoms with van der Waals surface area (Å²) >= 11 is 0. The van der Waals surface area contributed by atoms with E-state index in [1.807, 2.05) is 6.07 Å². The van der Waals surface area contributed by atoms with E-state index in [-0.39, 0.29) is 23.6 Å². The van der Waals surface area contributed by atoms with Crippen LogP contribution in [0.5, 0.6) is 11.5 Å². The van der Waals surface area contributed by atoms with E-state index in [0.29, 0.717) is 34.0 Å². The summed E-state index contributed by atoms with van der Waals surface area (Å²) in [5, 5.41) is 12.2. The van der Waals surface area contributed by atoms with Crippen LogP contribution in [-0.2, 0) is 10.2 Å². The number of carbonyl (C=O) groups is 2. The largest absolute Gasteiger partial charge is 0.457 e. The van der Waals surface area contributed by atoms with Gasteiger partial charge in [0.25, 0.3) is 11.8 Å². The van der Waals surface area contributed by atoms with Gasteiger partial charge in [0.1, 0.15) is 17.3 Å². The Kier molecular flexibility index (Phi) is 6.75. The molecule has 1 aliphatic rings. The molecule has 1 aliphatic carbocycles. The number of nitrogen functional groups attached to an aromatic ring is 1. The van der Waals surface area contributed by atoms with Gasteiger partial charge in [0.05, 0.1) is 11.5 Å². The van der Waals surface area contributed by atoms with Crippen molar-refractivity contribution >= 4 is 29.0 Å². The second-order valence-electron chi connectivity index (χ2n) is 9.26. The lowest BCUT2D eigenvalue weighted by molar-refractivity contribution is -0.118. The van der Waals surface area contributed by atoms with Crippen molar-refractivity contribution in [3.63, 3.8) is 0 Å². The van der Waals surface area contributed by atoms with Crippen LogP contribution in [0, 0.1) is 17.2 Å². The molecule has 2 amide bonds. The molecule has 0 aliphatic heterocycles. The second-order valence-corrected chi connectivity index (χ2v) is 9.26. The molecule has 3 aromatic rings. The lowest BCUT2D eigenvalue weighted by atomic mass is 9.85. The SMILES string of the molecule is CC(C)(C#N)c1cccc(C(=O)Nc2cccc(Oc3ccc(C(N)=NC(=O)C4CC4)c(N)c3)c2)c1. The van der Waals surface area contributed by atoms with Crippen LogP contribution in [0.15, 0.2) is 71.7 Å². The number of hydrogen-bond acceptors (Lipinski definition) is 5. The zero-order valence-corrected chi connectivity index (χ0v) is 20.1. The van der Waals surface area contributed by atoms with Gasteiger partial charge in [-0.25, -0.2) is 0 Å². The quantitative estimate of drug-likeness (QED) is 0.252. The number of ether oxygens (including phenoxy) is 1. The van der Waals surface area contributed by atoms with E-state index in [2.05, 4.69) is 16.4 Å². The van der Waals surface area contributed by atoms with Gasteiger partial charge in [-0.1, -0.05) is 18.2 Å². The van der Waals surface area contributed by atoms with Crippen LogP contribution in [-0.4, -0.2) is 17.6 Å². The highest BCUT2D eigenvalue weighted by Crippen LogP contribution is 2.31. The molecular formula is C28H27N5O3. The number of nitrogens with two attached hydrogens (primary N) is 2. The molecule has 0 spiro atoms. The Labute approximate surface area is 209 Å². The number of carbonyl (C=O) groups excluding carboxylic acids is 2. The molecule has 0 aromatic heterocycles. The predicted molar refractivity (Wildman–Crippen MR) is 139 cm³/mol. The van der Waals surface area contributed by atoms with Gasteiger partial charge in [0.2, 0.25) is 0 Å². The summed E-state index contributed by atoms with van der Waals surface area (Å²) in [7, 11) is 0. The number of amides is 2. The number of rotatable bonds is 7. The predicted octanol–water partition coefficient (Wildman–Crippen LogP) is 4.76. The molecule has 0 heterocycles. The Morgan fingerprint density at radius 3 is 2.47 bits per heavy atom. The van der Waals surface area contributed by atoms with Crippen LogP contribution in [0.25, 0.3) is 0 Å². The molecule has 36 heavy (non-hydrogen) atoms. The third kappa shape index (κ3) is 5.70. The smallest absolute Gasteiger partial charge is 0.255 e. The van der Waals surface area contributed by atoms with E-state index in [9.17, 15) is 14.9 Å². The summed E-state index contributed by atoms with van der Waals surface area (Å²) in [6.45, 7) is 3.61. The molecule has 1 saturated carbocycles. The molecule has 182 valence electrons. The first-order valence-electron chi connectivity index (χ1n) is 11.6. The maximum Gasteiger partial charge on any atom is 0.255 e. The fraction of sp³-hybridized carbons (Fsp3) is 0.214. The number of nitriles is 1. The monoisotopic (exact) mass is 481 g/mol. The lowest BCUT2D eigenvalue weighted by Gasteiger charge is -2.16. The van der Waals surface area contributed by atoms with Gasteiger partial charge < -0.3 is 21.5 Å². The molecule has 8 nitrogen and oxygen atoms in total. The summed E-state index contributed by atoms with van der Waals surface area (Å²) in [5.41, 5.74) is 14.0. The van der Waals surface area contributed by atoms with Crippen molar-refractivity contribution in [2.24, 2.45) is 16.6 Å². The number of benzene rings is 3. The maximum absolute atomic E-state index is 12.8. The topological polar surface area (TPSA) is 144 Å². The van der Waals surface area contributed by atoms with E-state index >= 15 is 0 Å². The Morgan fingerprint density at radius 2 is 1.78 bits per heavy atom. The number of aliphatic imine (C=N–C) groups is 1. The fourth-order valence-corrected chi connectivity index (χ4v) is 3.53. The number of nitrogens with zero attached hydrogens (tertiary/aromatic N) is 2. The first-order valence-corrected chi connectivity index (χ1v) is 11.6. The third-order valence-corrected chi connectivity index (χ3v) is 5.91. The Morgan fingerprint density at radius 1 is 1.06 bits per heavy atom. The van der Waals surface area contributed by atoms with Gasteiger partial charge in [-0.2, -0.15) is 10.3 Å². The molecule has 0 atom stereocenters. The average molecular weight is 482 g/mol. The van der Waals surface area contributed by atoms with E-state index in [1.54, 1.807) is 74.5 Å². The summed E-state index contributed by atoms with van der Waals surface area (Å²) in [6, 6.07) is 21.1. The highest BCUT2D eigenvalue weighted by atomic mass is 16.5. The van der Waals surface area contributed by atoms with Crippen molar-refractivity contribution in [1.82, 2.24) is 0 Å². The summed E-state index contributed by atoms with van der Waals surface area (Å²) in [4.78, 5) is 28.7. The van der Waals surface area contributed by atoms with Crippen LogP contribution in [0.1, 0.15) is 48.2 Å². The van der Waals surface area contributed by atoms with Crippen molar-refractivity contribution in [2.45, 2.75) is 32.1 Å². The number of anilines is 2. The summed E-state index contributed by atoms with van der Waals surface area (Å²) in [6.07, 6.45) is 1.70. The first kappa shape index (κ1) is 24.5. The Balaban J connectivity index is 1.46. The molecule has 1 fully saturated rings. The fourth-order valence-electron chi connectivity index (χ4n) is 3.53. The molecule has 3 aromatic carbocycles. The molecule has 4 rings (SSSR count). The van der Waals surface area contributed by atoms with Crippen LogP contribution >= 0.6 is 0 Å². The zero-order valence-electron chi connectivity index (χ0n) is 20.1. The second kappa shape index (κ2) is 9.92. The van der Waals surface area contributed by atoms with Gasteiger partial charge in [0.15, 0.2) is 0 Å². The molecular weight excluding hydrogens is 454 g/mol. The minimum atomic E-state index is -0.704. The summed E-state index contributed by atoms with van der Waals surface area (Å²) < 4.78 is 5.91. The van der Waals surface area contributed by atoms with Gasteiger partial charge in [0, 0.05) is 40.6 Å². The van der Waals surface area contributed by atoms with E-state index in [4.69, 9.17) is 16.2 Å².